The molecule has 2 rings (SSSR count). The van der Waals surface area contributed by atoms with Gasteiger partial charge in [-0.2, -0.15) is 0 Å². The number of hydrogen-bond donors (Lipinski definition) is 1. The van der Waals surface area contributed by atoms with E-state index in [1.54, 1.807) is 0 Å². The molecule has 1 fully saturated rings. The van der Waals surface area contributed by atoms with Gasteiger partial charge in [-0.15, -0.1) is 0 Å². The first-order chi connectivity index (χ1) is 8.15. The predicted molar refractivity (Wildman–Crippen MR) is 67.8 cm³/mol. The van der Waals surface area contributed by atoms with Crippen molar-refractivity contribution in [2.24, 2.45) is 0 Å². The van der Waals surface area contributed by atoms with Crippen LogP contribution in [0.4, 0.5) is 0 Å². The third-order valence-electron chi connectivity index (χ3n) is 3.47. The number of rotatable bonds is 2. The molecule has 0 unspecified atom stereocenters. The molecule has 1 aliphatic carbocycles. The minimum Gasteiger partial charge on any atom is -0.297 e. The van der Waals surface area contributed by atoms with E-state index in [-0.39, 0.29) is 22.4 Å². The SMILES string of the molecule is CCc1c(Cl)[nH]c(=O)n(C2CCCCC2)c1=O. The molecule has 0 atom stereocenters. The second-order valence-corrected chi connectivity index (χ2v) is 4.92. The molecule has 0 spiro atoms. The molecule has 17 heavy (non-hydrogen) atoms. The molecular formula is C12H17ClN2O2. The minimum absolute atomic E-state index is 0.0440. The van der Waals surface area contributed by atoms with Gasteiger partial charge in [0.15, 0.2) is 0 Å². The van der Waals surface area contributed by atoms with Gasteiger partial charge in [0.1, 0.15) is 5.15 Å². The van der Waals surface area contributed by atoms with E-state index in [0.717, 1.165) is 25.7 Å². The lowest BCUT2D eigenvalue weighted by molar-refractivity contribution is 0.335. The fraction of sp³-hybridized carbons (Fsp3) is 0.667. The molecule has 0 aliphatic heterocycles. The summed E-state index contributed by atoms with van der Waals surface area (Å²) in [6.45, 7) is 1.87. The Labute approximate surface area is 105 Å². The van der Waals surface area contributed by atoms with E-state index in [2.05, 4.69) is 4.98 Å². The van der Waals surface area contributed by atoms with Crippen LogP contribution >= 0.6 is 11.6 Å². The average Bonchev–Trinajstić information content (AvgIpc) is 2.30. The van der Waals surface area contributed by atoms with Gasteiger partial charge in [0.2, 0.25) is 0 Å². The van der Waals surface area contributed by atoms with Crippen LogP contribution in [-0.4, -0.2) is 9.55 Å². The molecule has 1 N–H and O–H groups in total. The van der Waals surface area contributed by atoms with Gasteiger partial charge in [-0.1, -0.05) is 37.8 Å². The van der Waals surface area contributed by atoms with Crippen LogP contribution in [0.1, 0.15) is 50.6 Å². The lowest BCUT2D eigenvalue weighted by Crippen LogP contribution is -2.40. The summed E-state index contributed by atoms with van der Waals surface area (Å²) in [5, 5.41) is 0.189. The van der Waals surface area contributed by atoms with Crippen molar-refractivity contribution in [2.45, 2.75) is 51.5 Å². The van der Waals surface area contributed by atoms with Crippen molar-refractivity contribution in [1.29, 1.82) is 0 Å². The van der Waals surface area contributed by atoms with E-state index in [1.807, 2.05) is 6.92 Å². The first kappa shape index (κ1) is 12.4. The van der Waals surface area contributed by atoms with Crippen LogP contribution in [-0.2, 0) is 6.42 Å². The van der Waals surface area contributed by atoms with Crippen LogP contribution in [0.15, 0.2) is 9.59 Å². The van der Waals surface area contributed by atoms with Gasteiger partial charge >= 0.3 is 5.69 Å². The Morgan fingerprint density at radius 1 is 1.29 bits per heavy atom. The van der Waals surface area contributed by atoms with E-state index >= 15 is 0 Å². The zero-order valence-corrected chi connectivity index (χ0v) is 10.7. The van der Waals surface area contributed by atoms with E-state index in [1.165, 1.54) is 11.0 Å². The Balaban J connectivity index is 2.53. The molecule has 1 heterocycles. The van der Waals surface area contributed by atoms with Gasteiger partial charge in [0.05, 0.1) is 5.56 Å². The Morgan fingerprint density at radius 3 is 2.53 bits per heavy atom. The van der Waals surface area contributed by atoms with Crippen molar-refractivity contribution >= 4 is 11.6 Å². The summed E-state index contributed by atoms with van der Waals surface area (Å²) in [7, 11) is 0. The number of aromatic amines is 1. The average molecular weight is 257 g/mol. The Morgan fingerprint density at radius 2 is 1.94 bits per heavy atom. The highest BCUT2D eigenvalue weighted by Crippen LogP contribution is 2.26. The van der Waals surface area contributed by atoms with Gasteiger partial charge < -0.3 is 0 Å². The van der Waals surface area contributed by atoms with Crippen molar-refractivity contribution in [3.63, 3.8) is 0 Å². The largest absolute Gasteiger partial charge is 0.329 e. The number of nitrogens with zero attached hydrogens (tertiary/aromatic N) is 1. The smallest absolute Gasteiger partial charge is 0.297 e. The molecule has 0 radical (unpaired) electrons. The maximum atomic E-state index is 12.2. The fourth-order valence-corrected chi connectivity index (χ4v) is 2.83. The van der Waals surface area contributed by atoms with Crippen molar-refractivity contribution in [3.8, 4) is 0 Å². The van der Waals surface area contributed by atoms with Gasteiger partial charge in [0, 0.05) is 6.04 Å². The Hall–Kier alpha value is -1.03. The summed E-state index contributed by atoms with van der Waals surface area (Å²) in [5.74, 6) is 0. The van der Waals surface area contributed by atoms with Crippen molar-refractivity contribution < 1.29 is 0 Å². The van der Waals surface area contributed by atoms with Crippen LogP contribution in [0.25, 0.3) is 0 Å². The summed E-state index contributed by atoms with van der Waals surface area (Å²) >= 11 is 5.88. The molecule has 0 aromatic carbocycles. The monoisotopic (exact) mass is 256 g/mol. The first-order valence-corrected chi connectivity index (χ1v) is 6.56. The number of H-pyrrole nitrogens is 1. The molecule has 1 aromatic rings. The molecule has 1 aromatic heterocycles. The van der Waals surface area contributed by atoms with Crippen LogP contribution in [0, 0.1) is 0 Å². The topological polar surface area (TPSA) is 54.9 Å². The van der Waals surface area contributed by atoms with Gasteiger partial charge in [-0.3, -0.25) is 14.3 Å². The minimum atomic E-state index is -0.371. The van der Waals surface area contributed by atoms with Crippen LogP contribution in [0.2, 0.25) is 5.15 Å². The van der Waals surface area contributed by atoms with E-state index < -0.39 is 0 Å². The standard InChI is InChI=1S/C12H17ClN2O2/c1-2-9-10(13)14-12(17)15(11(9)16)8-6-4-3-5-7-8/h8H,2-7H2,1H3,(H,14,17). The quantitative estimate of drug-likeness (QED) is 0.826. The summed E-state index contributed by atoms with van der Waals surface area (Å²) < 4.78 is 1.36. The molecular weight excluding hydrogens is 240 g/mol. The third-order valence-corrected chi connectivity index (χ3v) is 3.79. The normalized spacial score (nSPS) is 17.3. The lowest BCUT2D eigenvalue weighted by Gasteiger charge is -2.23. The molecule has 1 saturated carbocycles. The summed E-state index contributed by atoms with van der Waals surface area (Å²) in [6, 6.07) is 0.0440. The van der Waals surface area contributed by atoms with Crippen LogP contribution < -0.4 is 11.2 Å². The lowest BCUT2D eigenvalue weighted by atomic mass is 9.95. The predicted octanol–water partition coefficient (Wildman–Crippen LogP) is 2.26. The highest BCUT2D eigenvalue weighted by Gasteiger charge is 2.21. The van der Waals surface area contributed by atoms with Gasteiger partial charge in [-0.05, 0) is 19.3 Å². The van der Waals surface area contributed by atoms with Crippen molar-refractivity contribution in [2.75, 3.05) is 0 Å². The molecule has 5 heteroatoms. The van der Waals surface area contributed by atoms with E-state index in [0.29, 0.717) is 12.0 Å². The maximum absolute atomic E-state index is 12.2. The van der Waals surface area contributed by atoms with Crippen LogP contribution in [0.5, 0.6) is 0 Å². The Bertz CT molecular complexity index is 512. The van der Waals surface area contributed by atoms with Crippen molar-refractivity contribution in [3.05, 3.63) is 31.6 Å². The molecule has 4 nitrogen and oxygen atoms in total. The van der Waals surface area contributed by atoms with Crippen molar-refractivity contribution in [1.82, 2.24) is 9.55 Å². The summed E-state index contributed by atoms with van der Waals surface area (Å²) in [5.41, 5.74) is -0.0749. The summed E-state index contributed by atoms with van der Waals surface area (Å²) in [4.78, 5) is 26.6. The van der Waals surface area contributed by atoms with Gasteiger partial charge in [-0.25, -0.2) is 4.79 Å². The first-order valence-electron chi connectivity index (χ1n) is 6.18. The summed E-state index contributed by atoms with van der Waals surface area (Å²) in [6.07, 6.45) is 5.72. The fourth-order valence-electron chi connectivity index (χ4n) is 2.54. The third kappa shape index (κ3) is 2.32. The molecule has 0 amide bonds. The molecule has 0 bridgehead atoms. The maximum Gasteiger partial charge on any atom is 0.329 e. The second-order valence-electron chi connectivity index (χ2n) is 4.54. The number of aromatic nitrogens is 2. The Kier molecular flexibility index (Phi) is 3.72. The molecule has 0 saturated heterocycles. The molecule has 1 aliphatic rings. The van der Waals surface area contributed by atoms with Crippen LogP contribution in [0.3, 0.4) is 0 Å². The zero-order chi connectivity index (χ0) is 12.4. The highest BCUT2D eigenvalue weighted by molar-refractivity contribution is 6.30. The van der Waals surface area contributed by atoms with Gasteiger partial charge in [0.25, 0.3) is 5.56 Å². The number of hydrogen-bond acceptors (Lipinski definition) is 2. The van der Waals surface area contributed by atoms with E-state index in [9.17, 15) is 9.59 Å². The zero-order valence-electron chi connectivity index (χ0n) is 9.96. The second kappa shape index (κ2) is 5.08. The highest BCUT2D eigenvalue weighted by atomic mass is 35.5. The number of nitrogens with one attached hydrogen (secondary N) is 1. The van der Waals surface area contributed by atoms with E-state index in [4.69, 9.17) is 11.6 Å². The molecule has 94 valence electrons. The number of halogens is 1.